The van der Waals surface area contributed by atoms with Crippen molar-refractivity contribution < 1.29 is 29.0 Å². The maximum Gasteiger partial charge on any atom is 0.420 e. The lowest BCUT2D eigenvalue weighted by molar-refractivity contribution is -0.141. The SMILES string of the molecule is COC(=O)N(C(=O)OCC1c2ccccc2-c2ccccc21)[C@@H](C)C(=O)O. The molecule has 2 aromatic rings. The third-order valence-electron chi connectivity index (χ3n) is 4.65. The number of rotatable bonds is 4. The van der Waals surface area contributed by atoms with Gasteiger partial charge in [-0.3, -0.25) is 0 Å². The molecule has 140 valence electrons. The average Bonchev–Trinajstić information content (AvgIpc) is 3.00. The summed E-state index contributed by atoms with van der Waals surface area (Å²) in [4.78, 5) is 35.9. The Morgan fingerprint density at radius 1 is 1.00 bits per heavy atom. The predicted molar refractivity (Wildman–Crippen MR) is 96.4 cm³/mol. The van der Waals surface area contributed by atoms with Gasteiger partial charge in [0.15, 0.2) is 0 Å². The highest BCUT2D eigenvalue weighted by Crippen LogP contribution is 2.44. The molecule has 0 saturated heterocycles. The Bertz CT molecular complexity index is 848. The molecule has 0 aromatic heterocycles. The second-order valence-electron chi connectivity index (χ2n) is 6.16. The molecular formula is C20H19NO6. The van der Waals surface area contributed by atoms with Gasteiger partial charge in [0.1, 0.15) is 12.6 Å². The highest BCUT2D eigenvalue weighted by atomic mass is 16.6. The Morgan fingerprint density at radius 3 is 2.00 bits per heavy atom. The van der Waals surface area contributed by atoms with E-state index in [4.69, 9.17) is 9.84 Å². The van der Waals surface area contributed by atoms with Crippen molar-refractivity contribution in [2.24, 2.45) is 0 Å². The van der Waals surface area contributed by atoms with Crippen LogP contribution in [0.2, 0.25) is 0 Å². The second-order valence-corrected chi connectivity index (χ2v) is 6.16. The van der Waals surface area contributed by atoms with Crippen molar-refractivity contribution in [1.82, 2.24) is 4.90 Å². The van der Waals surface area contributed by atoms with Crippen LogP contribution in [0.15, 0.2) is 48.5 Å². The maximum absolute atomic E-state index is 12.4. The summed E-state index contributed by atoms with van der Waals surface area (Å²) in [7, 11) is 1.07. The highest BCUT2D eigenvalue weighted by Gasteiger charge is 2.35. The fourth-order valence-corrected chi connectivity index (χ4v) is 3.26. The smallest absolute Gasteiger partial charge is 0.420 e. The summed E-state index contributed by atoms with van der Waals surface area (Å²) >= 11 is 0. The average molecular weight is 369 g/mol. The Labute approximate surface area is 156 Å². The summed E-state index contributed by atoms with van der Waals surface area (Å²) in [6.07, 6.45) is -2.14. The summed E-state index contributed by atoms with van der Waals surface area (Å²) in [5, 5.41) is 9.13. The first-order valence-corrected chi connectivity index (χ1v) is 8.40. The van der Waals surface area contributed by atoms with Gasteiger partial charge in [0, 0.05) is 5.92 Å². The van der Waals surface area contributed by atoms with E-state index < -0.39 is 24.2 Å². The number of aliphatic carboxylic acids is 1. The number of carbonyl (C=O) groups excluding carboxylic acids is 2. The van der Waals surface area contributed by atoms with Gasteiger partial charge in [-0.2, -0.15) is 4.90 Å². The van der Waals surface area contributed by atoms with E-state index in [1.165, 1.54) is 6.92 Å². The number of amides is 2. The van der Waals surface area contributed by atoms with Gasteiger partial charge in [0.05, 0.1) is 7.11 Å². The molecule has 0 saturated carbocycles. The van der Waals surface area contributed by atoms with Crippen LogP contribution in [0.5, 0.6) is 0 Å². The first kappa shape index (κ1) is 18.4. The molecule has 1 aliphatic rings. The molecule has 7 nitrogen and oxygen atoms in total. The van der Waals surface area contributed by atoms with E-state index in [0.29, 0.717) is 4.90 Å². The molecule has 0 aliphatic heterocycles. The van der Waals surface area contributed by atoms with Gasteiger partial charge in [0.2, 0.25) is 0 Å². The van der Waals surface area contributed by atoms with E-state index in [1.807, 2.05) is 48.5 Å². The van der Waals surface area contributed by atoms with Crippen LogP contribution in [0.25, 0.3) is 11.1 Å². The van der Waals surface area contributed by atoms with Gasteiger partial charge in [-0.05, 0) is 29.2 Å². The Hall–Kier alpha value is -3.35. The first-order chi connectivity index (χ1) is 13.0. The van der Waals surface area contributed by atoms with E-state index in [9.17, 15) is 14.4 Å². The number of imide groups is 1. The van der Waals surface area contributed by atoms with Gasteiger partial charge < -0.3 is 14.6 Å². The molecule has 0 radical (unpaired) electrons. The number of carboxylic acid groups (broad SMARTS) is 1. The summed E-state index contributed by atoms with van der Waals surface area (Å²) in [5.41, 5.74) is 4.17. The zero-order valence-corrected chi connectivity index (χ0v) is 14.9. The van der Waals surface area contributed by atoms with E-state index in [0.717, 1.165) is 29.4 Å². The maximum atomic E-state index is 12.4. The molecule has 0 unspecified atom stereocenters. The minimum absolute atomic E-state index is 0.0211. The summed E-state index contributed by atoms with van der Waals surface area (Å²) in [6, 6.07) is 14.2. The number of hydrogen-bond acceptors (Lipinski definition) is 5. The Morgan fingerprint density at radius 2 is 1.52 bits per heavy atom. The third kappa shape index (κ3) is 3.36. The number of methoxy groups -OCH3 is 1. The topological polar surface area (TPSA) is 93.1 Å². The van der Waals surface area contributed by atoms with Crippen molar-refractivity contribution in [3.8, 4) is 11.1 Å². The molecule has 2 amide bonds. The van der Waals surface area contributed by atoms with Gasteiger partial charge in [-0.15, -0.1) is 0 Å². The van der Waals surface area contributed by atoms with Crippen LogP contribution >= 0.6 is 0 Å². The lowest BCUT2D eigenvalue weighted by atomic mass is 9.98. The van der Waals surface area contributed by atoms with E-state index >= 15 is 0 Å². The third-order valence-corrected chi connectivity index (χ3v) is 4.65. The molecular weight excluding hydrogens is 350 g/mol. The molecule has 0 bridgehead atoms. The van der Waals surface area contributed by atoms with Crippen LogP contribution in [-0.4, -0.2) is 47.9 Å². The molecule has 1 aliphatic carbocycles. The standard InChI is InChI=1S/C20H19NO6/c1-12(18(22)23)21(19(24)26-2)20(25)27-11-17-15-9-5-3-7-13(15)14-8-4-6-10-16(14)17/h3-10,12,17H,11H2,1-2H3,(H,22,23)/t12-/m0/s1. The minimum Gasteiger partial charge on any atom is -0.480 e. The van der Waals surface area contributed by atoms with E-state index in [1.54, 1.807) is 0 Å². The lowest BCUT2D eigenvalue weighted by Crippen LogP contribution is -2.47. The van der Waals surface area contributed by atoms with Crippen molar-refractivity contribution in [2.45, 2.75) is 18.9 Å². The predicted octanol–water partition coefficient (Wildman–Crippen LogP) is 3.48. The summed E-state index contributed by atoms with van der Waals surface area (Å²) in [6.45, 7) is 1.19. The van der Waals surface area contributed by atoms with Crippen LogP contribution in [0.1, 0.15) is 24.0 Å². The number of carboxylic acids is 1. The number of hydrogen-bond donors (Lipinski definition) is 1. The van der Waals surface area contributed by atoms with E-state index in [-0.39, 0.29) is 12.5 Å². The molecule has 0 spiro atoms. The Balaban J connectivity index is 1.82. The zero-order chi connectivity index (χ0) is 19.6. The van der Waals surface area contributed by atoms with Crippen LogP contribution < -0.4 is 0 Å². The largest absolute Gasteiger partial charge is 0.480 e. The molecule has 2 aromatic carbocycles. The van der Waals surface area contributed by atoms with Crippen molar-refractivity contribution in [3.05, 3.63) is 59.7 Å². The monoisotopic (exact) mass is 369 g/mol. The van der Waals surface area contributed by atoms with Gasteiger partial charge in [0.25, 0.3) is 0 Å². The fraction of sp³-hybridized carbons (Fsp3) is 0.250. The second kappa shape index (κ2) is 7.49. The molecule has 0 fully saturated rings. The number of nitrogens with zero attached hydrogens (tertiary/aromatic N) is 1. The van der Waals surface area contributed by atoms with Gasteiger partial charge >= 0.3 is 18.2 Å². The van der Waals surface area contributed by atoms with E-state index in [2.05, 4.69) is 4.74 Å². The molecule has 27 heavy (non-hydrogen) atoms. The fourth-order valence-electron chi connectivity index (χ4n) is 3.26. The van der Waals surface area contributed by atoms with Crippen LogP contribution in [-0.2, 0) is 14.3 Å². The molecule has 1 atom stereocenters. The number of benzene rings is 2. The summed E-state index contributed by atoms with van der Waals surface area (Å²) in [5.74, 6) is -1.53. The van der Waals surface area contributed by atoms with Crippen molar-refractivity contribution in [3.63, 3.8) is 0 Å². The summed E-state index contributed by atoms with van der Waals surface area (Å²) < 4.78 is 9.83. The molecule has 3 rings (SSSR count). The zero-order valence-electron chi connectivity index (χ0n) is 14.9. The van der Waals surface area contributed by atoms with Crippen molar-refractivity contribution in [2.75, 3.05) is 13.7 Å². The number of fused-ring (bicyclic) bond motifs is 3. The minimum atomic E-state index is -1.41. The van der Waals surface area contributed by atoms with Gasteiger partial charge in [-0.1, -0.05) is 48.5 Å². The molecule has 7 heteroatoms. The molecule has 0 heterocycles. The molecule has 1 N–H and O–H groups in total. The normalized spacial score (nSPS) is 13.3. The van der Waals surface area contributed by atoms with Crippen LogP contribution in [0, 0.1) is 0 Å². The highest BCUT2D eigenvalue weighted by molar-refractivity contribution is 5.93. The first-order valence-electron chi connectivity index (χ1n) is 8.40. The van der Waals surface area contributed by atoms with Crippen molar-refractivity contribution >= 4 is 18.2 Å². The quantitative estimate of drug-likeness (QED) is 0.887. The number of carbonyl (C=O) groups is 3. The van der Waals surface area contributed by atoms with Crippen LogP contribution in [0.3, 0.4) is 0 Å². The van der Waals surface area contributed by atoms with Crippen molar-refractivity contribution in [1.29, 1.82) is 0 Å². The Kier molecular flexibility index (Phi) is 5.12. The van der Waals surface area contributed by atoms with Crippen LogP contribution in [0.4, 0.5) is 9.59 Å². The number of ether oxygens (including phenoxy) is 2. The van der Waals surface area contributed by atoms with Gasteiger partial charge in [-0.25, -0.2) is 14.4 Å². The lowest BCUT2D eigenvalue weighted by Gasteiger charge is -2.23.